The fourth-order valence-electron chi connectivity index (χ4n) is 5.03. The number of rotatable bonds is 15. The number of nitrogens with one attached hydrogen (secondary N) is 2. The number of aliphatic hydroxyl groups is 1. The number of carboxylic acids is 1. The van der Waals surface area contributed by atoms with Crippen molar-refractivity contribution in [2.24, 2.45) is 5.41 Å². The van der Waals surface area contributed by atoms with Crippen LogP contribution in [0.15, 0.2) is 72.8 Å². The Morgan fingerprint density at radius 1 is 1.00 bits per heavy atom. The molecule has 0 aliphatic carbocycles. The molecular weight excluding hydrogens is 641 g/mol. The van der Waals surface area contributed by atoms with Crippen molar-refractivity contribution in [3.8, 4) is 11.5 Å². The summed E-state index contributed by atoms with van der Waals surface area (Å²) in [4.78, 5) is 51.1. The molecule has 3 aromatic rings. The molecule has 1 aliphatic heterocycles. The van der Waals surface area contributed by atoms with Crippen molar-refractivity contribution in [1.82, 2.24) is 10.6 Å². The number of hydrogen-bond donors (Lipinski definition) is 4. The van der Waals surface area contributed by atoms with E-state index in [4.69, 9.17) is 10.8 Å². The maximum absolute atomic E-state index is 13.7. The van der Waals surface area contributed by atoms with Crippen LogP contribution in [-0.2, 0) is 19.2 Å². The number of carbonyl (C=O) groups excluding carboxylic acids is 3. The zero-order chi connectivity index (χ0) is 35.7. The highest BCUT2D eigenvalue weighted by atomic mass is 32.2. The second-order valence-electron chi connectivity index (χ2n) is 11.9. The smallest absolute Gasteiger partial charge is 0.326 e. The number of amides is 3. The van der Waals surface area contributed by atoms with E-state index in [2.05, 4.69) is 10.6 Å². The summed E-state index contributed by atoms with van der Waals surface area (Å²) in [5, 5.41) is 24.5. The van der Waals surface area contributed by atoms with E-state index in [1.165, 1.54) is 36.0 Å². The van der Waals surface area contributed by atoms with Gasteiger partial charge in [-0.1, -0.05) is 45.0 Å². The molecule has 0 aromatic heterocycles. The van der Waals surface area contributed by atoms with Crippen LogP contribution in [-0.4, -0.2) is 70.7 Å². The van der Waals surface area contributed by atoms with Gasteiger partial charge in [0.15, 0.2) is 6.61 Å². The lowest BCUT2D eigenvalue weighted by Gasteiger charge is -2.47. The molecule has 1 heterocycles. The van der Waals surface area contributed by atoms with Crippen molar-refractivity contribution >= 4 is 41.1 Å². The molecule has 3 aromatic carbocycles. The van der Waals surface area contributed by atoms with Crippen LogP contribution in [0.5, 0.6) is 11.5 Å². The van der Waals surface area contributed by atoms with Crippen LogP contribution in [0.2, 0.25) is 0 Å². The molecule has 4 atom stereocenters. The predicted octanol–water partition coefficient (Wildman–Crippen LogP) is 4.26. The summed E-state index contributed by atoms with van der Waals surface area (Å²) < 4.78 is 32.2. The molecule has 13 heteroatoms. The SMILES string of the molecule is [2H]CC(C)(C)[C@H](NC(=O)CNC(=O)COc1ccc([C@@H]2[C@@H](SCC(O)c3ccc(OCC)cc3)C(=O)N2c2ccc(F)cc2)cc1)C(=O)O. The Labute approximate surface area is 284 Å². The first-order valence-electron chi connectivity index (χ1n) is 16.0. The largest absolute Gasteiger partial charge is 0.494 e. The third-order valence-electron chi connectivity index (χ3n) is 7.53. The number of thioether (sulfide) groups is 1. The maximum Gasteiger partial charge on any atom is 0.326 e. The van der Waals surface area contributed by atoms with Crippen LogP contribution in [0.1, 0.15) is 52.3 Å². The summed E-state index contributed by atoms with van der Waals surface area (Å²) >= 11 is 1.32. The number of aliphatic hydroxyl groups excluding tert-OH is 1. The van der Waals surface area contributed by atoms with Crippen molar-refractivity contribution in [1.29, 1.82) is 0 Å². The Bertz CT molecular complexity index is 1610. The first-order chi connectivity index (χ1) is 23.3. The van der Waals surface area contributed by atoms with Crippen LogP contribution >= 0.6 is 11.8 Å². The molecule has 11 nitrogen and oxygen atoms in total. The van der Waals surface area contributed by atoms with Crippen LogP contribution < -0.4 is 25.0 Å². The molecule has 0 spiro atoms. The van der Waals surface area contributed by atoms with Gasteiger partial charge in [0.1, 0.15) is 28.6 Å². The van der Waals surface area contributed by atoms with Gasteiger partial charge in [0, 0.05) is 12.8 Å². The number of benzene rings is 3. The van der Waals surface area contributed by atoms with Crippen molar-refractivity contribution in [2.45, 2.75) is 51.1 Å². The molecular formula is C35H40FN3O8S. The third-order valence-corrected chi connectivity index (χ3v) is 8.86. The lowest BCUT2D eigenvalue weighted by Crippen LogP contribution is -2.57. The molecule has 1 saturated heterocycles. The normalized spacial score (nSPS) is 17.4. The number of carboxylic acid groups (broad SMARTS) is 1. The van der Waals surface area contributed by atoms with Gasteiger partial charge in [-0.15, -0.1) is 11.8 Å². The number of nitrogens with zero attached hydrogens (tertiary/aromatic N) is 1. The topological polar surface area (TPSA) is 154 Å². The van der Waals surface area contributed by atoms with Gasteiger partial charge in [-0.2, -0.15) is 0 Å². The minimum absolute atomic E-state index is 0.181. The molecule has 3 amide bonds. The minimum Gasteiger partial charge on any atom is -0.494 e. The van der Waals surface area contributed by atoms with Crippen molar-refractivity contribution in [2.75, 3.05) is 30.4 Å². The number of anilines is 1. The average molecular weight is 683 g/mol. The Kier molecular flexibility index (Phi) is 11.6. The highest BCUT2D eigenvalue weighted by Crippen LogP contribution is 2.46. The van der Waals surface area contributed by atoms with Gasteiger partial charge in [-0.25, -0.2) is 9.18 Å². The first-order valence-corrected chi connectivity index (χ1v) is 16.3. The minimum atomic E-state index is -1.30. The number of β-lactam (4-membered cyclic amide) rings is 1. The monoisotopic (exact) mass is 682 g/mol. The van der Waals surface area contributed by atoms with E-state index in [1.54, 1.807) is 67.3 Å². The average Bonchev–Trinajstić information content (AvgIpc) is 3.09. The van der Waals surface area contributed by atoms with E-state index < -0.39 is 65.6 Å². The predicted molar refractivity (Wildman–Crippen MR) is 179 cm³/mol. The number of aliphatic carboxylic acids is 1. The third kappa shape index (κ3) is 9.26. The van der Waals surface area contributed by atoms with Gasteiger partial charge in [0.25, 0.3) is 5.91 Å². The van der Waals surface area contributed by atoms with Crippen LogP contribution in [0.25, 0.3) is 0 Å². The van der Waals surface area contributed by atoms with E-state index in [-0.39, 0.29) is 18.6 Å². The molecule has 1 fully saturated rings. The number of ether oxygens (including phenoxy) is 2. The lowest BCUT2D eigenvalue weighted by atomic mass is 9.87. The quantitative estimate of drug-likeness (QED) is 0.172. The Morgan fingerprint density at radius 3 is 2.23 bits per heavy atom. The summed E-state index contributed by atoms with van der Waals surface area (Å²) in [5.41, 5.74) is 0.965. The standard InChI is InChI=1S/C35H40FN3O8S/c1-5-46-25-14-6-21(7-15-25)27(40)20-48-31-30(39(33(31)43)24-12-10-23(36)11-13-24)22-8-16-26(17-9-22)47-19-29(42)37-18-28(41)38-32(34(44)45)35(2,3)4/h6-17,27,30-32,40H,5,18-20H2,1-4H3,(H,37,42)(H,38,41)(H,44,45)/t27?,30-,31-,32-/m1/s1/i2D. The molecule has 0 radical (unpaired) electrons. The lowest BCUT2D eigenvalue weighted by molar-refractivity contribution is -0.144. The highest BCUT2D eigenvalue weighted by molar-refractivity contribution is 8.00. The summed E-state index contributed by atoms with van der Waals surface area (Å²) in [5.74, 6) is -1.91. The molecule has 0 bridgehead atoms. The van der Waals surface area contributed by atoms with Gasteiger partial charge >= 0.3 is 5.97 Å². The Hall–Kier alpha value is -4.62. The van der Waals surface area contributed by atoms with Crippen molar-refractivity contribution in [3.05, 3.63) is 89.7 Å². The van der Waals surface area contributed by atoms with E-state index in [0.717, 1.165) is 5.56 Å². The Balaban J connectivity index is 1.37. The van der Waals surface area contributed by atoms with Gasteiger partial charge in [0.2, 0.25) is 11.8 Å². The Morgan fingerprint density at radius 2 is 1.62 bits per heavy atom. The van der Waals surface area contributed by atoms with Crippen molar-refractivity contribution < 1.29 is 44.6 Å². The van der Waals surface area contributed by atoms with Crippen LogP contribution in [0.3, 0.4) is 0 Å². The van der Waals surface area contributed by atoms with E-state index >= 15 is 0 Å². The fourth-order valence-corrected chi connectivity index (χ4v) is 6.32. The van der Waals surface area contributed by atoms with Crippen LogP contribution in [0, 0.1) is 11.2 Å². The van der Waals surface area contributed by atoms with E-state index in [9.17, 15) is 33.8 Å². The molecule has 1 aliphatic rings. The first kappa shape index (κ1) is 34.7. The highest BCUT2D eigenvalue weighted by Gasteiger charge is 2.49. The molecule has 4 rings (SSSR count). The number of halogens is 1. The summed E-state index contributed by atoms with van der Waals surface area (Å²) in [6.07, 6.45) is -0.823. The van der Waals surface area contributed by atoms with E-state index in [1.807, 2.05) is 6.92 Å². The van der Waals surface area contributed by atoms with Gasteiger partial charge in [-0.05, 0) is 72.0 Å². The number of hydrogen-bond acceptors (Lipinski definition) is 8. The van der Waals surface area contributed by atoms with E-state index in [0.29, 0.717) is 29.4 Å². The molecule has 0 saturated carbocycles. The zero-order valence-corrected chi connectivity index (χ0v) is 27.7. The molecule has 1 unspecified atom stereocenters. The fraction of sp³-hybridized carbons (Fsp3) is 0.371. The molecule has 256 valence electrons. The molecule has 4 N–H and O–H groups in total. The van der Waals surface area contributed by atoms with Gasteiger partial charge in [-0.3, -0.25) is 14.4 Å². The summed E-state index contributed by atoms with van der Waals surface area (Å²) in [6.45, 7) is 4.40. The summed E-state index contributed by atoms with van der Waals surface area (Å²) in [7, 11) is 0. The maximum atomic E-state index is 13.7. The van der Waals surface area contributed by atoms with Gasteiger partial charge < -0.3 is 35.2 Å². The van der Waals surface area contributed by atoms with Crippen molar-refractivity contribution in [3.63, 3.8) is 0 Å². The summed E-state index contributed by atoms with van der Waals surface area (Å²) in [6, 6.07) is 17.8. The number of carbonyl (C=O) groups is 4. The van der Waals surface area contributed by atoms with Gasteiger partial charge in [0.05, 0.1) is 25.3 Å². The zero-order valence-electron chi connectivity index (χ0n) is 27.9. The second kappa shape index (κ2) is 16.0. The second-order valence-corrected chi connectivity index (χ2v) is 13.0. The van der Waals surface area contributed by atoms with Crippen LogP contribution in [0.4, 0.5) is 10.1 Å². The molecule has 48 heavy (non-hydrogen) atoms.